The highest BCUT2D eigenvalue weighted by Gasteiger charge is 2.28. The number of aromatic nitrogens is 2. The molecule has 0 aromatic carbocycles. The quantitative estimate of drug-likeness (QED) is 0.795. The number of nitrogens with zero attached hydrogens (tertiary/aromatic N) is 3. The summed E-state index contributed by atoms with van der Waals surface area (Å²) in [7, 11) is 1.69. The molecular weight excluding hydrogens is 298 g/mol. The van der Waals surface area contributed by atoms with Gasteiger partial charge in [0.1, 0.15) is 5.01 Å². The molecule has 0 aliphatic heterocycles. The summed E-state index contributed by atoms with van der Waals surface area (Å²) in [5, 5.41) is 9.93. The van der Waals surface area contributed by atoms with Crippen LogP contribution in [0.5, 0.6) is 0 Å². The van der Waals surface area contributed by atoms with Crippen molar-refractivity contribution in [3.8, 4) is 6.07 Å². The van der Waals surface area contributed by atoms with E-state index >= 15 is 0 Å². The van der Waals surface area contributed by atoms with Gasteiger partial charge in [0.2, 0.25) is 5.78 Å². The third-order valence-corrected chi connectivity index (χ3v) is 4.62. The monoisotopic (exact) mass is 315 g/mol. The second-order valence-corrected chi connectivity index (χ2v) is 6.35. The molecule has 6 heteroatoms. The highest BCUT2D eigenvalue weighted by atomic mass is 32.1. The van der Waals surface area contributed by atoms with Gasteiger partial charge in [0, 0.05) is 23.7 Å². The second kappa shape index (κ2) is 6.24. The van der Waals surface area contributed by atoms with E-state index in [9.17, 15) is 14.9 Å². The third-order valence-electron chi connectivity index (χ3n) is 3.55. The zero-order valence-corrected chi connectivity index (χ0v) is 13.8. The molecule has 0 saturated heterocycles. The number of aryl methyl sites for hydroxylation is 3. The maximum absolute atomic E-state index is 12.7. The predicted octanol–water partition coefficient (Wildman–Crippen LogP) is 3.05. The number of thiazole rings is 1. The number of nitriles is 1. The molecule has 2 rings (SSSR count). The molecule has 22 heavy (non-hydrogen) atoms. The van der Waals surface area contributed by atoms with Crippen LogP contribution in [0.3, 0.4) is 0 Å². The third kappa shape index (κ3) is 2.85. The van der Waals surface area contributed by atoms with Gasteiger partial charge in [-0.2, -0.15) is 5.26 Å². The molecular formula is C16H17N3O2S. The van der Waals surface area contributed by atoms with Gasteiger partial charge in [0.25, 0.3) is 0 Å². The average Bonchev–Trinajstić information content (AvgIpc) is 3.03. The molecule has 0 unspecified atom stereocenters. The van der Waals surface area contributed by atoms with Crippen LogP contribution in [0.2, 0.25) is 0 Å². The Bertz CT molecular complexity index is 780. The number of hydrogen-bond donors (Lipinski definition) is 0. The molecule has 0 aliphatic rings. The molecule has 5 nitrogen and oxygen atoms in total. The van der Waals surface area contributed by atoms with Gasteiger partial charge in [-0.05, 0) is 26.3 Å². The Kier molecular flexibility index (Phi) is 4.57. The summed E-state index contributed by atoms with van der Waals surface area (Å²) in [4.78, 5) is 29.5. The number of ketones is 2. The molecule has 2 heterocycles. The van der Waals surface area contributed by atoms with Crippen LogP contribution in [-0.2, 0) is 13.5 Å². The fraction of sp³-hybridized carbons (Fsp3) is 0.375. The summed E-state index contributed by atoms with van der Waals surface area (Å²) >= 11 is 1.38. The summed E-state index contributed by atoms with van der Waals surface area (Å²) < 4.78 is 1.59. The van der Waals surface area contributed by atoms with Gasteiger partial charge >= 0.3 is 0 Å². The number of rotatable bonds is 5. The molecule has 0 amide bonds. The van der Waals surface area contributed by atoms with E-state index in [2.05, 4.69) is 4.98 Å². The average molecular weight is 315 g/mol. The Morgan fingerprint density at radius 1 is 1.50 bits per heavy atom. The van der Waals surface area contributed by atoms with Crippen LogP contribution >= 0.6 is 11.3 Å². The number of Topliss-reactive ketones (excluding diaryl/α,β-unsaturated/α-hetero) is 2. The molecule has 0 saturated carbocycles. The molecule has 0 fully saturated rings. The van der Waals surface area contributed by atoms with Crippen LogP contribution in [0, 0.1) is 18.3 Å². The predicted molar refractivity (Wildman–Crippen MR) is 84.3 cm³/mol. The van der Waals surface area contributed by atoms with Crippen LogP contribution in [0.25, 0.3) is 0 Å². The lowest BCUT2D eigenvalue weighted by Gasteiger charge is -2.05. The van der Waals surface area contributed by atoms with Crippen molar-refractivity contribution in [2.45, 2.75) is 33.1 Å². The lowest BCUT2D eigenvalue weighted by atomic mass is 10.0. The van der Waals surface area contributed by atoms with Crippen molar-refractivity contribution >= 4 is 22.9 Å². The van der Waals surface area contributed by atoms with Crippen molar-refractivity contribution in [3.63, 3.8) is 0 Å². The van der Waals surface area contributed by atoms with E-state index in [4.69, 9.17) is 0 Å². The minimum Gasteiger partial charge on any atom is -0.347 e. The highest BCUT2D eigenvalue weighted by molar-refractivity contribution is 7.12. The number of carbonyl (C=O) groups is 2. The van der Waals surface area contributed by atoms with Gasteiger partial charge in [-0.25, -0.2) is 4.98 Å². The van der Waals surface area contributed by atoms with E-state index in [0.29, 0.717) is 16.3 Å². The van der Waals surface area contributed by atoms with Crippen molar-refractivity contribution < 1.29 is 9.59 Å². The Hall–Kier alpha value is -2.26. The Balaban J connectivity index is 2.41. The highest BCUT2D eigenvalue weighted by Crippen LogP contribution is 2.28. The van der Waals surface area contributed by atoms with E-state index in [1.165, 1.54) is 24.3 Å². The molecule has 0 bridgehead atoms. The minimum atomic E-state index is -0.933. The van der Waals surface area contributed by atoms with Gasteiger partial charge in [0.05, 0.1) is 17.5 Å². The SMILES string of the molecule is CCc1nc([C@H](C#N)C(=O)c2cc(C(C)=O)cn2C)sc1C. The number of hydrogen-bond acceptors (Lipinski definition) is 5. The molecule has 0 aliphatic carbocycles. The smallest absolute Gasteiger partial charge is 0.203 e. The van der Waals surface area contributed by atoms with Crippen LogP contribution < -0.4 is 0 Å². The number of carbonyl (C=O) groups excluding carboxylic acids is 2. The first-order valence-corrected chi connectivity index (χ1v) is 7.78. The second-order valence-electron chi connectivity index (χ2n) is 5.12. The molecule has 0 N–H and O–H groups in total. The normalized spacial score (nSPS) is 12.0. The zero-order valence-electron chi connectivity index (χ0n) is 13.0. The van der Waals surface area contributed by atoms with Crippen LogP contribution in [-0.4, -0.2) is 21.1 Å². The molecule has 114 valence electrons. The Labute approximate surface area is 133 Å². The van der Waals surface area contributed by atoms with Crippen molar-refractivity contribution in [3.05, 3.63) is 39.1 Å². The van der Waals surface area contributed by atoms with Gasteiger partial charge in [-0.3, -0.25) is 9.59 Å². The van der Waals surface area contributed by atoms with Crippen LogP contribution in [0.1, 0.15) is 56.2 Å². The molecule has 0 radical (unpaired) electrons. The van der Waals surface area contributed by atoms with E-state index < -0.39 is 5.92 Å². The van der Waals surface area contributed by atoms with Gasteiger partial charge in [-0.15, -0.1) is 11.3 Å². The lowest BCUT2D eigenvalue weighted by molar-refractivity contribution is 0.0970. The Morgan fingerprint density at radius 3 is 2.64 bits per heavy atom. The largest absolute Gasteiger partial charge is 0.347 e. The lowest BCUT2D eigenvalue weighted by Crippen LogP contribution is -2.14. The molecule has 1 atom stereocenters. The summed E-state index contributed by atoms with van der Waals surface area (Å²) in [6.45, 7) is 5.38. The molecule has 0 spiro atoms. The van der Waals surface area contributed by atoms with Crippen molar-refractivity contribution in [1.82, 2.24) is 9.55 Å². The van der Waals surface area contributed by atoms with Crippen LogP contribution in [0.4, 0.5) is 0 Å². The van der Waals surface area contributed by atoms with E-state index in [1.54, 1.807) is 17.8 Å². The minimum absolute atomic E-state index is 0.110. The topological polar surface area (TPSA) is 75.8 Å². The first kappa shape index (κ1) is 16.1. The Morgan fingerprint density at radius 2 is 2.18 bits per heavy atom. The fourth-order valence-corrected chi connectivity index (χ4v) is 3.33. The first-order valence-electron chi connectivity index (χ1n) is 6.96. The molecule has 2 aromatic rings. The summed E-state index contributed by atoms with van der Waals surface area (Å²) in [5.41, 5.74) is 1.74. The van der Waals surface area contributed by atoms with Crippen LogP contribution in [0.15, 0.2) is 12.3 Å². The standard InChI is InChI=1S/C16H17N3O2S/c1-5-13-10(3)22-16(18-13)12(7-17)15(21)14-6-11(9(2)20)8-19(14)4/h6,8,12H,5H2,1-4H3/t12-/m1/s1. The summed E-state index contributed by atoms with van der Waals surface area (Å²) in [6, 6.07) is 3.58. The van der Waals surface area contributed by atoms with E-state index in [1.807, 2.05) is 19.9 Å². The summed E-state index contributed by atoms with van der Waals surface area (Å²) in [6.07, 6.45) is 2.38. The van der Waals surface area contributed by atoms with Crippen molar-refractivity contribution in [2.24, 2.45) is 7.05 Å². The van der Waals surface area contributed by atoms with Crippen molar-refractivity contribution in [1.29, 1.82) is 5.26 Å². The molecule has 2 aromatic heterocycles. The van der Waals surface area contributed by atoms with Crippen molar-refractivity contribution in [2.75, 3.05) is 0 Å². The zero-order chi connectivity index (χ0) is 16.4. The maximum Gasteiger partial charge on any atom is 0.203 e. The van der Waals surface area contributed by atoms with Gasteiger partial charge < -0.3 is 4.57 Å². The van der Waals surface area contributed by atoms with Gasteiger partial charge in [-0.1, -0.05) is 6.92 Å². The maximum atomic E-state index is 12.7. The summed E-state index contributed by atoms with van der Waals surface area (Å²) in [5.74, 6) is -1.37. The van der Waals surface area contributed by atoms with E-state index in [0.717, 1.165) is 17.0 Å². The van der Waals surface area contributed by atoms with Gasteiger partial charge in [0.15, 0.2) is 11.7 Å². The fourth-order valence-electron chi connectivity index (χ4n) is 2.28. The first-order chi connectivity index (χ1) is 10.4. The van der Waals surface area contributed by atoms with E-state index in [-0.39, 0.29) is 11.6 Å².